The van der Waals surface area contributed by atoms with Crippen LogP contribution in [-0.4, -0.2) is 14.5 Å². The number of fused-ring (bicyclic) bond motifs is 1. The third kappa shape index (κ3) is 1.50. The smallest absolute Gasteiger partial charge is 0.179 e. The molecule has 2 aromatic rings. The Labute approximate surface area is 95.3 Å². The summed E-state index contributed by atoms with van der Waals surface area (Å²) in [4.78, 5) is 7.53. The Morgan fingerprint density at radius 1 is 1.50 bits per heavy atom. The molecule has 74 valence electrons. The predicted molar refractivity (Wildman–Crippen MR) is 63.0 cm³/mol. The van der Waals surface area contributed by atoms with E-state index in [1.54, 1.807) is 0 Å². The molecule has 0 atom stereocenters. The SMILES string of the molecule is CC(C)n1c(=S)[nH]c2ccc(Br)nc21. The molecule has 5 heteroatoms. The minimum absolute atomic E-state index is 0.318. The first-order valence-electron chi connectivity index (χ1n) is 4.36. The van der Waals surface area contributed by atoms with Crippen LogP contribution in [0.5, 0.6) is 0 Å². The van der Waals surface area contributed by atoms with Gasteiger partial charge in [0.15, 0.2) is 10.4 Å². The summed E-state index contributed by atoms with van der Waals surface area (Å²) < 4.78 is 3.56. The van der Waals surface area contributed by atoms with Gasteiger partial charge in [-0.15, -0.1) is 0 Å². The van der Waals surface area contributed by atoms with Crippen molar-refractivity contribution in [3.05, 3.63) is 21.5 Å². The van der Waals surface area contributed by atoms with E-state index in [1.807, 2.05) is 16.7 Å². The van der Waals surface area contributed by atoms with Crippen molar-refractivity contribution in [2.75, 3.05) is 0 Å². The largest absolute Gasteiger partial charge is 0.329 e. The Hall–Kier alpha value is -0.680. The number of halogens is 1. The zero-order valence-electron chi connectivity index (χ0n) is 7.91. The second-order valence-corrected chi connectivity index (χ2v) is 4.60. The Morgan fingerprint density at radius 2 is 2.21 bits per heavy atom. The zero-order chi connectivity index (χ0) is 10.3. The van der Waals surface area contributed by atoms with Gasteiger partial charge in [0.25, 0.3) is 0 Å². The minimum atomic E-state index is 0.318. The summed E-state index contributed by atoms with van der Waals surface area (Å²) in [6.07, 6.45) is 0. The number of imidazole rings is 1. The Balaban J connectivity index is 2.86. The highest BCUT2D eigenvalue weighted by Crippen LogP contribution is 2.19. The molecule has 0 unspecified atom stereocenters. The maximum absolute atomic E-state index is 5.22. The standard InChI is InChI=1S/C9H10BrN3S/c1-5(2)13-8-6(11-9(13)14)3-4-7(10)12-8/h3-5H,1-2H3,(H,11,14). The molecule has 0 radical (unpaired) electrons. The summed E-state index contributed by atoms with van der Waals surface area (Å²) in [5, 5.41) is 0. The van der Waals surface area contributed by atoms with Crippen molar-refractivity contribution in [2.24, 2.45) is 0 Å². The van der Waals surface area contributed by atoms with Crippen LogP contribution in [0.4, 0.5) is 0 Å². The Bertz CT molecular complexity index is 526. The molecule has 0 aliphatic rings. The fourth-order valence-electron chi connectivity index (χ4n) is 1.46. The van der Waals surface area contributed by atoms with E-state index in [-0.39, 0.29) is 0 Å². The summed E-state index contributed by atoms with van der Waals surface area (Å²) in [6.45, 7) is 4.18. The van der Waals surface area contributed by atoms with Gasteiger partial charge in [0, 0.05) is 6.04 Å². The highest BCUT2D eigenvalue weighted by atomic mass is 79.9. The van der Waals surface area contributed by atoms with E-state index in [0.29, 0.717) is 6.04 Å². The highest BCUT2D eigenvalue weighted by Gasteiger charge is 2.08. The van der Waals surface area contributed by atoms with Gasteiger partial charge in [0.2, 0.25) is 0 Å². The van der Waals surface area contributed by atoms with Crippen LogP contribution in [0.1, 0.15) is 19.9 Å². The molecule has 2 aromatic heterocycles. The lowest BCUT2D eigenvalue weighted by Crippen LogP contribution is -2.01. The molecule has 0 saturated heterocycles. The molecule has 14 heavy (non-hydrogen) atoms. The van der Waals surface area contributed by atoms with Crippen LogP contribution in [0.3, 0.4) is 0 Å². The molecule has 0 bridgehead atoms. The van der Waals surface area contributed by atoms with Crippen LogP contribution >= 0.6 is 28.1 Å². The first-order valence-corrected chi connectivity index (χ1v) is 5.56. The maximum atomic E-state index is 5.22. The maximum Gasteiger partial charge on any atom is 0.179 e. The van der Waals surface area contributed by atoms with Gasteiger partial charge in [-0.25, -0.2) is 4.98 Å². The average molecular weight is 272 g/mol. The third-order valence-electron chi connectivity index (χ3n) is 2.05. The van der Waals surface area contributed by atoms with Gasteiger partial charge in [-0.1, -0.05) is 0 Å². The van der Waals surface area contributed by atoms with Crippen LogP contribution in [0.25, 0.3) is 11.2 Å². The first kappa shape index (κ1) is 9.86. The molecular weight excluding hydrogens is 262 g/mol. The van der Waals surface area contributed by atoms with E-state index in [9.17, 15) is 0 Å². The molecule has 0 aliphatic heterocycles. The molecule has 0 amide bonds. The molecule has 0 aromatic carbocycles. The predicted octanol–water partition coefficient (Wildman–Crippen LogP) is 3.44. The lowest BCUT2D eigenvalue weighted by atomic mass is 10.4. The van der Waals surface area contributed by atoms with Crippen molar-refractivity contribution in [3.63, 3.8) is 0 Å². The number of rotatable bonds is 1. The van der Waals surface area contributed by atoms with Crippen LogP contribution in [0.15, 0.2) is 16.7 Å². The van der Waals surface area contributed by atoms with E-state index in [1.165, 1.54) is 0 Å². The fourth-order valence-corrected chi connectivity index (χ4v) is 2.16. The van der Waals surface area contributed by atoms with E-state index < -0.39 is 0 Å². The monoisotopic (exact) mass is 271 g/mol. The van der Waals surface area contributed by atoms with Gasteiger partial charge < -0.3 is 4.98 Å². The number of hydrogen-bond acceptors (Lipinski definition) is 2. The van der Waals surface area contributed by atoms with Crippen molar-refractivity contribution in [3.8, 4) is 0 Å². The van der Waals surface area contributed by atoms with Gasteiger partial charge in [-0.2, -0.15) is 0 Å². The summed E-state index contributed by atoms with van der Waals surface area (Å²) in [7, 11) is 0. The van der Waals surface area contributed by atoms with Crippen molar-refractivity contribution in [1.29, 1.82) is 0 Å². The topological polar surface area (TPSA) is 33.6 Å². The first-order chi connectivity index (χ1) is 6.59. The number of H-pyrrole nitrogens is 1. The third-order valence-corrected chi connectivity index (χ3v) is 2.79. The zero-order valence-corrected chi connectivity index (χ0v) is 10.3. The fraction of sp³-hybridized carbons (Fsp3) is 0.333. The second kappa shape index (κ2) is 3.47. The number of nitrogens with one attached hydrogen (secondary N) is 1. The van der Waals surface area contributed by atoms with Crippen LogP contribution < -0.4 is 0 Å². The molecule has 0 fully saturated rings. The van der Waals surface area contributed by atoms with Crippen LogP contribution in [-0.2, 0) is 0 Å². The highest BCUT2D eigenvalue weighted by molar-refractivity contribution is 9.10. The molecule has 0 saturated carbocycles. The van der Waals surface area contributed by atoms with Gasteiger partial charge in [0.05, 0.1) is 5.52 Å². The molecular formula is C9H10BrN3S. The van der Waals surface area contributed by atoms with Gasteiger partial charge in [0.1, 0.15) is 4.60 Å². The minimum Gasteiger partial charge on any atom is -0.329 e. The summed E-state index contributed by atoms with van der Waals surface area (Å²) >= 11 is 8.58. The van der Waals surface area contributed by atoms with Crippen molar-refractivity contribution < 1.29 is 0 Å². The van der Waals surface area contributed by atoms with Crippen molar-refractivity contribution >= 4 is 39.3 Å². The quantitative estimate of drug-likeness (QED) is 0.637. The van der Waals surface area contributed by atoms with E-state index in [4.69, 9.17) is 12.2 Å². The van der Waals surface area contributed by atoms with E-state index in [2.05, 4.69) is 39.7 Å². The van der Waals surface area contributed by atoms with Gasteiger partial charge in [-0.05, 0) is 54.1 Å². The number of hydrogen-bond donors (Lipinski definition) is 1. The van der Waals surface area contributed by atoms with E-state index >= 15 is 0 Å². The normalized spacial score (nSPS) is 11.4. The number of pyridine rings is 1. The summed E-state index contributed by atoms with van der Waals surface area (Å²) in [5.74, 6) is 0. The lowest BCUT2D eigenvalue weighted by Gasteiger charge is -2.06. The van der Waals surface area contributed by atoms with Crippen LogP contribution in [0, 0.1) is 4.77 Å². The number of aromatic nitrogens is 3. The molecule has 3 nitrogen and oxygen atoms in total. The van der Waals surface area contributed by atoms with E-state index in [0.717, 1.165) is 20.5 Å². The molecule has 1 N–H and O–H groups in total. The molecule has 0 spiro atoms. The molecule has 2 heterocycles. The number of aromatic amines is 1. The number of nitrogens with zero attached hydrogens (tertiary/aromatic N) is 2. The molecule has 0 aliphatic carbocycles. The van der Waals surface area contributed by atoms with Crippen molar-refractivity contribution in [2.45, 2.75) is 19.9 Å². The lowest BCUT2D eigenvalue weighted by molar-refractivity contribution is 0.605. The summed E-state index contributed by atoms with van der Waals surface area (Å²) in [6, 6.07) is 4.19. The molecule has 2 rings (SSSR count). The Kier molecular flexibility index (Phi) is 2.45. The van der Waals surface area contributed by atoms with Crippen molar-refractivity contribution in [1.82, 2.24) is 14.5 Å². The average Bonchev–Trinajstić information content (AvgIpc) is 2.40. The summed E-state index contributed by atoms with van der Waals surface area (Å²) in [5.41, 5.74) is 1.88. The van der Waals surface area contributed by atoms with Gasteiger partial charge in [-0.3, -0.25) is 4.57 Å². The van der Waals surface area contributed by atoms with Gasteiger partial charge >= 0.3 is 0 Å². The second-order valence-electron chi connectivity index (χ2n) is 3.40. The Morgan fingerprint density at radius 3 is 2.86 bits per heavy atom. The van der Waals surface area contributed by atoms with Crippen LogP contribution in [0.2, 0.25) is 0 Å².